The van der Waals surface area contributed by atoms with E-state index in [2.05, 4.69) is 30.5 Å². The Morgan fingerprint density at radius 1 is 1.21 bits per heavy atom. The van der Waals surface area contributed by atoms with Gasteiger partial charge in [0.05, 0.1) is 25.8 Å². The topological polar surface area (TPSA) is 51.9 Å². The molecule has 33 heavy (non-hydrogen) atoms. The minimum atomic E-state index is -0.109. The first kappa shape index (κ1) is 22.3. The summed E-state index contributed by atoms with van der Waals surface area (Å²) in [6.07, 6.45) is 7.29. The van der Waals surface area contributed by atoms with Crippen LogP contribution >= 0.6 is 0 Å². The van der Waals surface area contributed by atoms with Crippen LogP contribution in [-0.2, 0) is 22.6 Å². The molecule has 0 spiro atoms. The number of hydrogen-bond donors (Lipinski definition) is 0. The molecular weight excluding hydrogens is 414 g/mol. The van der Waals surface area contributed by atoms with E-state index >= 15 is 0 Å². The zero-order chi connectivity index (χ0) is 23.0. The number of rotatable bonds is 7. The third-order valence-corrected chi connectivity index (χ3v) is 8.30. The van der Waals surface area contributed by atoms with Gasteiger partial charge in [0, 0.05) is 19.0 Å². The molecule has 5 rings (SSSR count). The number of furan rings is 1. The van der Waals surface area contributed by atoms with Crippen molar-refractivity contribution in [2.24, 2.45) is 23.2 Å². The molecule has 3 aliphatic rings. The second kappa shape index (κ2) is 9.02. The van der Waals surface area contributed by atoms with E-state index in [9.17, 15) is 4.79 Å². The average Bonchev–Trinajstić information content (AvgIpc) is 3.40. The predicted molar refractivity (Wildman–Crippen MR) is 126 cm³/mol. The van der Waals surface area contributed by atoms with E-state index in [0.717, 1.165) is 37.3 Å². The van der Waals surface area contributed by atoms with Crippen LogP contribution in [-0.4, -0.2) is 30.6 Å². The first-order valence-electron chi connectivity index (χ1n) is 12.2. The van der Waals surface area contributed by atoms with Crippen LogP contribution in [0.15, 0.2) is 59.2 Å². The van der Waals surface area contributed by atoms with Gasteiger partial charge < -0.3 is 13.9 Å². The lowest BCUT2D eigenvalue weighted by atomic mass is 9.55. The summed E-state index contributed by atoms with van der Waals surface area (Å²) >= 11 is 0. The van der Waals surface area contributed by atoms with Crippen LogP contribution < -0.4 is 4.74 Å². The molecule has 0 N–H and O–H groups in total. The highest BCUT2D eigenvalue weighted by molar-refractivity contribution is 5.75. The SMILES string of the molecule is C=C1CCC[C@]2(C)C[C@H]3OC(=O)[C@H](CN(Cc4ccc(OC)cc4)Cc4ccco4)[C@H]3C[C@@H]12. The van der Waals surface area contributed by atoms with Crippen molar-refractivity contribution in [3.05, 3.63) is 66.1 Å². The Bertz CT molecular complexity index is 982. The number of carbonyl (C=O) groups is 1. The third kappa shape index (κ3) is 4.48. The number of fused-ring (bicyclic) bond motifs is 2. The average molecular weight is 450 g/mol. The summed E-state index contributed by atoms with van der Waals surface area (Å²) in [5, 5.41) is 0. The Morgan fingerprint density at radius 2 is 2.03 bits per heavy atom. The molecule has 1 aromatic carbocycles. The van der Waals surface area contributed by atoms with Gasteiger partial charge in [0.25, 0.3) is 0 Å². The number of carbonyl (C=O) groups excluding carboxylic acids is 1. The number of nitrogens with zero attached hydrogens (tertiary/aromatic N) is 1. The summed E-state index contributed by atoms with van der Waals surface area (Å²) in [5.41, 5.74) is 2.79. The van der Waals surface area contributed by atoms with Crippen molar-refractivity contribution in [1.29, 1.82) is 0 Å². The number of esters is 1. The van der Waals surface area contributed by atoms with Crippen molar-refractivity contribution in [1.82, 2.24) is 4.90 Å². The van der Waals surface area contributed by atoms with Gasteiger partial charge in [-0.05, 0) is 73.3 Å². The van der Waals surface area contributed by atoms with Gasteiger partial charge in [-0.1, -0.05) is 31.2 Å². The first-order valence-corrected chi connectivity index (χ1v) is 12.2. The third-order valence-electron chi connectivity index (χ3n) is 8.30. The molecule has 0 unspecified atom stereocenters. The maximum atomic E-state index is 13.1. The second-order valence-corrected chi connectivity index (χ2v) is 10.5. The molecule has 2 aromatic rings. The lowest BCUT2D eigenvalue weighted by molar-refractivity contribution is -0.146. The number of ether oxygens (including phenoxy) is 2. The quantitative estimate of drug-likeness (QED) is 0.407. The predicted octanol–water partition coefficient (Wildman–Crippen LogP) is 5.60. The molecule has 0 amide bonds. The maximum absolute atomic E-state index is 13.1. The molecule has 1 aromatic heterocycles. The zero-order valence-electron chi connectivity index (χ0n) is 19.8. The summed E-state index contributed by atoms with van der Waals surface area (Å²) in [4.78, 5) is 15.4. The molecule has 5 heteroatoms. The molecule has 1 aliphatic heterocycles. The highest BCUT2D eigenvalue weighted by Crippen LogP contribution is 2.57. The Morgan fingerprint density at radius 3 is 2.76 bits per heavy atom. The van der Waals surface area contributed by atoms with Gasteiger partial charge in [0.15, 0.2) is 0 Å². The van der Waals surface area contributed by atoms with Crippen molar-refractivity contribution in [2.45, 2.75) is 58.2 Å². The number of hydrogen-bond acceptors (Lipinski definition) is 5. The normalized spacial score (nSPS) is 31.2. The van der Waals surface area contributed by atoms with Crippen LogP contribution in [0, 0.1) is 23.2 Å². The molecule has 2 heterocycles. The summed E-state index contributed by atoms with van der Waals surface area (Å²) in [6.45, 7) is 8.87. The second-order valence-electron chi connectivity index (χ2n) is 10.5. The molecule has 2 aliphatic carbocycles. The Kier molecular flexibility index (Phi) is 6.09. The van der Waals surface area contributed by atoms with Gasteiger partial charge >= 0.3 is 5.97 Å². The van der Waals surface area contributed by atoms with Crippen LogP contribution in [0.5, 0.6) is 5.75 Å². The van der Waals surface area contributed by atoms with Crippen LogP contribution in [0.2, 0.25) is 0 Å². The number of allylic oxidation sites excluding steroid dienone is 1. The minimum absolute atomic E-state index is 0.0305. The van der Waals surface area contributed by atoms with E-state index in [1.54, 1.807) is 13.4 Å². The fraction of sp³-hybridized carbons (Fsp3) is 0.536. The Balaban J connectivity index is 1.35. The van der Waals surface area contributed by atoms with Crippen molar-refractivity contribution < 1.29 is 18.7 Å². The monoisotopic (exact) mass is 449 g/mol. The maximum Gasteiger partial charge on any atom is 0.310 e. The lowest BCUT2D eigenvalue weighted by Crippen LogP contribution is -2.45. The van der Waals surface area contributed by atoms with Crippen LogP contribution in [0.25, 0.3) is 0 Å². The summed E-state index contributed by atoms with van der Waals surface area (Å²) < 4.78 is 17.0. The largest absolute Gasteiger partial charge is 0.497 e. The van der Waals surface area contributed by atoms with Gasteiger partial charge in [0.2, 0.25) is 0 Å². The molecule has 176 valence electrons. The van der Waals surface area contributed by atoms with Crippen molar-refractivity contribution in [2.75, 3.05) is 13.7 Å². The van der Waals surface area contributed by atoms with Crippen LogP contribution in [0.1, 0.15) is 50.4 Å². The smallest absolute Gasteiger partial charge is 0.310 e. The van der Waals surface area contributed by atoms with Crippen LogP contribution in [0.3, 0.4) is 0 Å². The summed E-state index contributed by atoms with van der Waals surface area (Å²) in [5.74, 6) is 2.38. The van der Waals surface area contributed by atoms with E-state index < -0.39 is 0 Å². The van der Waals surface area contributed by atoms with E-state index in [0.29, 0.717) is 19.0 Å². The molecule has 0 radical (unpaired) electrons. The van der Waals surface area contributed by atoms with Crippen molar-refractivity contribution >= 4 is 5.97 Å². The van der Waals surface area contributed by atoms with Gasteiger partial charge in [-0.2, -0.15) is 0 Å². The number of benzene rings is 1. The molecule has 5 nitrogen and oxygen atoms in total. The molecule has 1 saturated heterocycles. The summed E-state index contributed by atoms with van der Waals surface area (Å²) in [6, 6.07) is 12.0. The van der Waals surface area contributed by atoms with E-state index in [-0.39, 0.29) is 29.3 Å². The molecule has 2 saturated carbocycles. The fourth-order valence-corrected chi connectivity index (χ4v) is 6.54. The van der Waals surface area contributed by atoms with Gasteiger partial charge in [-0.3, -0.25) is 9.69 Å². The molecule has 0 bridgehead atoms. The van der Waals surface area contributed by atoms with Crippen molar-refractivity contribution in [3.63, 3.8) is 0 Å². The van der Waals surface area contributed by atoms with Crippen LogP contribution in [0.4, 0.5) is 0 Å². The minimum Gasteiger partial charge on any atom is -0.497 e. The highest BCUT2D eigenvalue weighted by Gasteiger charge is 2.55. The molecular formula is C28H35NO4. The lowest BCUT2D eigenvalue weighted by Gasteiger charge is -2.50. The summed E-state index contributed by atoms with van der Waals surface area (Å²) in [7, 11) is 1.68. The van der Waals surface area contributed by atoms with Gasteiger partial charge in [0.1, 0.15) is 17.6 Å². The van der Waals surface area contributed by atoms with E-state index in [1.807, 2.05) is 24.3 Å². The zero-order valence-corrected chi connectivity index (χ0v) is 19.8. The van der Waals surface area contributed by atoms with Gasteiger partial charge in [-0.25, -0.2) is 0 Å². The Hall–Kier alpha value is -2.53. The van der Waals surface area contributed by atoms with E-state index in [4.69, 9.17) is 13.9 Å². The highest BCUT2D eigenvalue weighted by atomic mass is 16.6. The Labute approximate surface area is 196 Å². The fourth-order valence-electron chi connectivity index (χ4n) is 6.54. The van der Waals surface area contributed by atoms with Crippen molar-refractivity contribution in [3.8, 4) is 5.75 Å². The molecule has 3 fully saturated rings. The first-order chi connectivity index (χ1) is 15.9. The standard InChI is InChI=1S/C28H35NO4/c1-19-6-4-12-28(2)15-26-23(14-25(19)28)24(27(30)33-26)18-29(17-22-7-5-13-32-22)16-20-8-10-21(31-3)11-9-20/h5,7-11,13,23-26H,1,4,6,12,14-18H2,2-3H3/t23-,24-,25+,26-,28-/m1/s1. The van der Waals surface area contributed by atoms with Gasteiger partial charge in [-0.15, -0.1) is 0 Å². The van der Waals surface area contributed by atoms with E-state index in [1.165, 1.54) is 24.0 Å². The molecule has 5 atom stereocenters. The number of methoxy groups -OCH3 is 1.